The van der Waals surface area contributed by atoms with Crippen LogP contribution in [0.5, 0.6) is 0 Å². The summed E-state index contributed by atoms with van der Waals surface area (Å²) in [7, 11) is 0. The summed E-state index contributed by atoms with van der Waals surface area (Å²) < 4.78 is 43.7. The third kappa shape index (κ3) is 4.40. The second-order valence-electron chi connectivity index (χ2n) is 6.31. The molecular weight excluding hydrogens is 361 g/mol. The zero-order valence-electron chi connectivity index (χ0n) is 14.3. The largest absolute Gasteiger partial charge is 0.458 e. The Morgan fingerprint density at radius 3 is 2.56 bits per heavy atom. The Hall–Kier alpha value is -3.00. The summed E-state index contributed by atoms with van der Waals surface area (Å²) in [6, 6.07) is 12.4. The third-order valence-corrected chi connectivity index (χ3v) is 4.00. The first-order valence-electron chi connectivity index (χ1n) is 8.09. The SMILES string of the molecule is CC(O)(CNC(=O)Nc1cccc(C(F)(F)F)c1)c1cc2ccccc2o1. The fourth-order valence-electron chi connectivity index (χ4n) is 2.54. The van der Waals surface area contributed by atoms with Crippen molar-refractivity contribution in [3.63, 3.8) is 0 Å². The maximum atomic E-state index is 12.7. The number of benzene rings is 2. The van der Waals surface area contributed by atoms with E-state index in [4.69, 9.17) is 4.42 Å². The molecule has 1 heterocycles. The van der Waals surface area contributed by atoms with Gasteiger partial charge in [0, 0.05) is 11.1 Å². The van der Waals surface area contributed by atoms with E-state index in [0.717, 1.165) is 17.5 Å². The molecule has 3 rings (SSSR count). The molecule has 0 aliphatic heterocycles. The van der Waals surface area contributed by atoms with Crippen molar-refractivity contribution < 1.29 is 27.5 Å². The van der Waals surface area contributed by atoms with Gasteiger partial charge in [-0.1, -0.05) is 24.3 Å². The van der Waals surface area contributed by atoms with E-state index in [-0.39, 0.29) is 18.0 Å². The van der Waals surface area contributed by atoms with E-state index in [9.17, 15) is 23.1 Å². The van der Waals surface area contributed by atoms with Gasteiger partial charge in [-0.2, -0.15) is 13.2 Å². The molecule has 8 heteroatoms. The van der Waals surface area contributed by atoms with Gasteiger partial charge < -0.3 is 20.2 Å². The molecule has 2 amide bonds. The summed E-state index contributed by atoms with van der Waals surface area (Å²) in [4.78, 5) is 12.0. The number of para-hydroxylation sites is 1. The second-order valence-corrected chi connectivity index (χ2v) is 6.31. The number of carbonyl (C=O) groups excluding carboxylic acids is 1. The summed E-state index contributed by atoms with van der Waals surface area (Å²) in [6.45, 7) is 1.27. The van der Waals surface area contributed by atoms with Crippen LogP contribution in [0.15, 0.2) is 59.0 Å². The number of amides is 2. The van der Waals surface area contributed by atoms with Crippen molar-refractivity contribution in [2.24, 2.45) is 0 Å². The quantitative estimate of drug-likeness (QED) is 0.627. The number of anilines is 1. The highest BCUT2D eigenvalue weighted by molar-refractivity contribution is 5.89. The molecule has 0 aliphatic rings. The monoisotopic (exact) mass is 378 g/mol. The lowest BCUT2D eigenvalue weighted by atomic mass is 10.0. The van der Waals surface area contributed by atoms with Gasteiger partial charge in [-0.3, -0.25) is 0 Å². The first-order valence-corrected chi connectivity index (χ1v) is 8.09. The lowest BCUT2D eigenvalue weighted by molar-refractivity contribution is -0.137. The Kier molecular flexibility index (Phi) is 4.84. The number of hydrogen-bond acceptors (Lipinski definition) is 3. The van der Waals surface area contributed by atoms with Crippen LogP contribution in [0.1, 0.15) is 18.2 Å². The standard InChI is InChI=1S/C19H17F3N2O3/c1-18(26,16-9-12-5-2-3-8-15(12)27-16)11-23-17(25)24-14-7-4-6-13(10-14)19(20,21)22/h2-10,26H,11H2,1H3,(H2,23,24,25). The predicted molar refractivity (Wildman–Crippen MR) is 94.3 cm³/mol. The molecule has 1 unspecified atom stereocenters. The van der Waals surface area contributed by atoms with E-state index in [1.165, 1.54) is 19.1 Å². The fourth-order valence-corrected chi connectivity index (χ4v) is 2.54. The van der Waals surface area contributed by atoms with Crippen LogP contribution in [0.25, 0.3) is 11.0 Å². The number of furan rings is 1. The lowest BCUT2D eigenvalue weighted by Gasteiger charge is -2.21. The molecule has 0 fully saturated rings. The molecule has 2 aromatic carbocycles. The van der Waals surface area contributed by atoms with Crippen molar-refractivity contribution in [3.05, 3.63) is 65.9 Å². The number of halogens is 3. The molecule has 5 nitrogen and oxygen atoms in total. The third-order valence-electron chi connectivity index (χ3n) is 4.00. The maximum Gasteiger partial charge on any atom is 0.416 e. The number of hydrogen-bond donors (Lipinski definition) is 3. The van der Waals surface area contributed by atoms with E-state index < -0.39 is 23.4 Å². The minimum absolute atomic E-state index is 0.00861. The van der Waals surface area contributed by atoms with Crippen LogP contribution < -0.4 is 10.6 Å². The highest BCUT2D eigenvalue weighted by atomic mass is 19.4. The zero-order chi connectivity index (χ0) is 19.7. The van der Waals surface area contributed by atoms with Crippen LogP contribution in [0.2, 0.25) is 0 Å². The molecule has 3 aromatic rings. The molecule has 3 N–H and O–H groups in total. The summed E-state index contributed by atoms with van der Waals surface area (Å²) in [5.74, 6) is 0.267. The highest BCUT2D eigenvalue weighted by Crippen LogP contribution is 2.31. The van der Waals surface area contributed by atoms with Gasteiger partial charge in [0.15, 0.2) is 0 Å². The van der Waals surface area contributed by atoms with Gasteiger partial charge in [0.2, 0.25) is 0 Å². The average molecular weight is 378 g/mol. The van der Waals surface area contributed by atoms with Crippen molar-refractivity contribution >= 4 is 22.7 Å². The second kappa shape index (κ2) is 6.96. The summed E-state index contributed by atoms with van der Waals surface area (Å²) >= 11 is 0. The van der Waals surface area contributed by atoms with Gasteiger partial charge in [0.25, 0.3) is 0 Å². The molecule has 0 aliphatic carbocycles. The number of urea groups is 1. The van der Waals surface area contributed by atoms with Gasteiger partial charge in [-0.15, -0.1) is 0 Å². The van der Waals surface area contributed by atoms with Gasteiger partial charge in [-0.05, 0) is 37.3 Å². The first kappa shape index (κ1) is 18.8. The molecular formula is C19H17F3N2O3. The molecule has 0 radical (unpaired) electrons. The lowest BCUT2D eigenvalue weighted by Crippen LogP contribution is -2.40. The van der Waals surface area contributed by atoms with E-state index >= 15 is 0 Å². The molecule has 0 saturated heterocycles. The highest BCUT2D eigenvalue weighted by Gasteiger charge is 2.31. The minimum atomic E-state index is -4.50. The summed E-state index contributed by atoms with van der Waals surface area (Å²) in [6.07, 6.45) is -4.50. The smallest absolute Gasteiger partial charge is 0.416 e. The van der Waals surface area contributed by atoms with Gasteiger partial charge in [0.05, 0.1) is 12.1 Å². The Bertz CT molecular complexity index is 931. The van der Waals surface area contributed by atoms with Gasteiger partial charge >= 0.3 is 12.2 Å². The van der Waals surface area contributed by atoms with E-state index in [0.29, 0.717) is 5.58 Å². The Labute approximate surface area is 152 Å². The van der Waals surface area contributed by atoms with Gasteiger partial charge in [-0.25, -0.2) is 4.79 Å². The maximum absolute atomic E-state index is 12.7. The van der Waals surface area contributed by atoms with Gasteiger partial charge in [0.1, 0.15) is 16.9 Å². The van der Waals surface area contributed by atoms with Crippen LogP contribution in [-0.4, -0.2) is 17.7 Å². The normalized spacial score (nSPS) is 14.0. The van der Waals surface area contributed by atoms with Crippen LogP contribution in [0.3, 0.4) is 0 Å². The summed E-state index contributed by atoms with van der Waals surface area (Å²) in [5.41, 5.74) is -1.77. The Morgan fingerprint density at radius 2 is 1.85 bits per heavy atom. The molecule has 142 valence electrons. The minimum Gasteiger partial charge on any atom is -0.458 e. The molecule has 27 heavy (non-hydrogen) atoms. The summed E-state index contributed by atoms with van der Waals surface area (Å²) in [5, 5.41) is 16.1. The van der Waals surface area contributed by atoms with Crippen molar-refractivity contribution in [3.8, 4) is 0 Å². The van der Waals surface area contributed by atoms with E-state index in [2.05, 4.69) is 10.6 Å². The fraction of sp³-hybridized carbons (Fsp3) is 0.211. The number of nitrogens with one attached hydrogen (secondary N) is 2. The number of alkyl halides is 3. The van der Waals surface area contributed by atoms with Crippen LogP contribution >= 0.6 is 0 Å². The average Bonchev–Trinajstić information content (AvgIpc) is 3.05. The topological polar surface area (TPSA) is 74.5 Å². The zero-order valence-corrected chi connectivity index (χ0v) is 14.3. The van der Waals surface area contributed by atoms with Crippen molar-refractivity contribution in [1.29, 1.82) is 0 Å². The van der Waals surface area contributed by atoms with E-state index in [1.54, 1.807) is 18.2 Å². The molecule has 0 saturated carbocycles. The van der Waals surface area contributed by atoms with Crippen LogP contribution in [0, 0.1) is 0 Å². The first-order chi connectivity index (χ1) is 12.6. The van der Waals surface area contributed by atoms with Crippen LogP contribution in [-0.2, 0) is 11.8 Å². The van der Waals surface area contributed by atoms with Crippen LogP contribution in [0.4, 0.5) is 23.7 Å². The van der Waals surface area contributed by atoms with Crippen molar-refractivity contribution in [1.82, 2.24) is 5.32 Å². The molecule has 0 spiro atoms. The number of aliphatic hydroxyl groups is 1. The van der Waals surface area contributed by atoms with E-state index in [1.807, 2.05) is 12.1 Å². The molecule has 0 bridgehead atoms. The molecule has 1 atom stereocenters. The number of fused-ring (bicyclic) bond motifs is 1. The number of rotatable bonds is 4. The predicted octanol–water partition coefficient (Wildman–Crippen LogP) is 4.48. The Morgan fingerprint density at radius 1 is 1.11 bits per heavy atom. The number of carbonyl (C=O) groups is 1. The van der Waals surface area contributed by atoms with Crippen molar-refractivity contribution in [2.75, 3.05) is 11.9 Å². The Balaban J connectivity index is 1.64. The van der Waals surface area contributed by atoms with Crippen molar-refractivity contribution in [2.45, 2.75) is 18.7 Å². The molecule has 1 aromatic heterocycles.